The van der Waals surface area contributed by atoms with E-state index in [0.717, 1.165) is 36.4 Å². The number of carbonyl (C=O) groups is 2. The zero-order valence-electron chi connectivity index (χ0n) is 14.5. The Bertz CT molecular complexity index is 783. The minimum Gasteiger partial charge on any atom is -0.368 e. The summed E-state index contributed by atoms with van der Waals surface area (Å²) in [6.45, 7) is 6.94. The molecule has 0 aliphatic carbocycles. The molecule has 1 N–H and O–H groups in total. The maximum absolute atomic E-state index is 12.5. The summed E-state index contributed by atoms with van der Waals surface area (Å²) in [5, 5.41) is 2.90. The number of rotatable bonds is 4. The van der Waals surface area contributed by atoms with Gasteiger partial charge in [0.15, 0.2) is 0 Å². The molecule has 1 aromatic heterocycles. The van der Waals surface area contributed by atoms with Gasteiger partial charge in [-0.05, 0) is 49.2 Å². The maximum Gasteiger partial charge on any atom is 0.274 e. The van der Waals surface area contributed by atoms with Gasteiger partial charge in [-0.3, -0.25) is 14.6 Å². The average Bonchev–Trinajstić information content (AvgIpc) is 2.65. The molecule has 0 saturated carbocycles. The van der Waals surface area contributed by atoms with Crippen LogP contribution in [0.4, 0.5) is 11.4 Å². The van der Waals surface area contributed by atoms with Crippen molar-refractivity contribution in [3.8, 4) is 0 Å². The highest BCUT2D eigenvalue weighted by Crippen LogP contribution is 2.18. The number of amides is 2. The van der Waals surface area contributed by atoms with Gasteiger partial charge in [0.05, 0.1) is 0 Å². The number of pyridine rings is 1. The quantitative estimate of drug-likeness (QED) is 0.868. The molecule has 0 bridgehead atoms. The highest BCUT2D eigenvalue weighted by atomic mass is 16.2. The van der Waals surface area contributed by atoms with Crippen LogP contribution in [0, 0.1) is 13.8 Å². The van der Waals surface area contributed by atoms with E-state index in [4.69, 9.17) is 0 Å². The summed E-state index contributed by atoms with van der Waals surface area (Å²) in [5.41, 5.74) is 4.42. The van der Waals surface area contributed by atoms with Crippen molar-refractivity contribution in [2.24, 2.45) is 0 Å². The van der Waals surface area contributed by atoms with Crippen molar-refractivity contribution in [3.05, 3.63) is 53.3 Å². The number of nitrogens with zero attached hydrogens (tertiary/aromatic N) is 3. The molecular formula is C19H22N4O2. The maximum atomic E-state index is 12.5. The summed E-state index contributed by atoms with van der Waals surface area (Å²) in [6, 6.07) is 9.52. The molecule has 0 spiro atoms. The van der Waals surface area contributed by atoms with Gasteiger partial charge >= 0.3 is 0 Å². The van der Waals surface area contributed by atoms with Crippen LogP contribution in [-0.2, 0) is 4.79 Å². The van der Waals surface area contributed by atoms with Gasteiger partial charge in [-0.2, -0.15) is 0 Å². The fourth-order valence-electron chi connectivity index (χ4n) is 2.84. The van der Waals surface area contributed by atoms with Crippen molar-refractivity contribution in [2.75, 3.05) is 36.4 Å². The van der Waals surface area contributed by atoms with E-state index in [-0.39, 0.29) is 5.91 Å². The molecule has 1 fully saturated rings. The van der Waals surface area contributed by atoms with E-state index in [1.807, 2.05) is 38.1 Å². The smallest absolute Gasteiger partial charge is 0.274 e. The van der Waals surface area contributed by atoms with E-state index in [0.29, 0.717) is 18.8 Å². The first-order valence-corrected chi connectivity index (χ1v) is 8.36. The molecule has 0 unspecified atom stereocenters. The molecule has 6 heteroatoms. The molecule has 2 amide bonds. The standard InChI is InChI=1S/C19H22N4O2/c1-14-3-4-16(11-15(14)2)21-19(25)18-12-17(5-6-20-18)23-9-7-22(13-24)8-10-23/h3-6,11-13H,7-10H2,1-2H3,(H,21,25). The Morgan fingerprint density at radius 2 is 1.84 bits per heavy atom. The third kappa shape index (κ3) is 3.96. The predicted molar refractivity (Wildman–Crippen MR) is 98.0 cm³/mol. The van der Waals surface area contributed by atoms with Gasteiger partial charge in [0.2, 0.25) is 6.41 Å². The topological polar surface area (TPSA) is 65.5 Å². The van der Waals surface area contributed by atoms with E-state index >= 15 is 0 Å². The Hall–Kier alpha value is -2.89. The van der Waals surface area contributed by atoms with Crippen molar-refractivity contribution >= 4 is 23.7 Å². The SMILES string of the molecule is Cc1ccc(NC(=O)c2cc(N3CCN(C=O)CC3)ccn2)cc1C. The van der Waals surface area contributed by atoms with Crippen molar-refractivity contribution in [1.82, 2.24) is 9.88 Å². The molecule has 0 radical (unpaired) electrons. The van der Waals surface area contributed by atoms with Crippen molar-refractivity contribution in [3.63, 3.8) is 0 Å². The summed E-state index contributed by atoms with van der Waals surface area (Å²) in [4.78, 5) is 31.4. The number of anilines is 2. The zero-order chi connectivity index (χ0) is 17.8. The van der Waals surface area contributed by atoms with Crippen LogP contribution in [0.2, 0.25) is 0 Å². The van der Waals surface area contributed by atoms with Gasteiger partial charge in [-0.15, -0.1) is 0 Å². The van der Waals surface area contributed by atoms with Gasteiger partial charge in [0, 0.05) is 43.8 Å². The van der Waals surface area contributed by atoms with E-state index < -0.39 is 0 Å². The Balaban J connectivity index is 1.71. The van der Waals surface area contributed by atoms with Crippen molar-refractivity contribution in [1.29, 1.82) is 0 Å². The number of nitrogens with one attached hydrogen (secondary N) is 1. The second kappa shape index (κ2) is 7.34. The third-order valence-corrected chi connectivity index (χ3v) is 4.57. The highest BCUT2D eigenvalue weighted by Gasteiger charge is 2.17. The molecule has 2 aromatic rings. The van der Waals surface area contributed by atoms with Crippen LogP contribution < -0.4 is 10.2 Å². The minimum atomic E-state index is -0.225. The fraction of sp³-hybridized carbons (Fsp3) is 0.316. The fourth-order valence-corrected chi connectivity index (χ4v) is 2.84. The Labute approximate surface area is 147 Å². The molecule has 1 aliphatic rings. The van der Waals surface area contributed by atoms with Crippen molar-refractivity contribution < 1.29 is 9.59 Å². The average molecular weight is 338 g/mol. The lowest BCUT2D eigenvalue weighted by atomic mass is 10.1. The lowest BCUT2D eigenvalue weighted by Crippen LogP contribution is -2.45. The first-order valence-electron chi connectivity index (χ1n) is 8.36. The summed E-state index contributed by atoms with van der Waals surface area (Å²) in [7, 11) is 0. The van der Waals surface area contributed by atoms with E-state index in [1.54, 1.807) is 17.2 Å². The van der Waals surface area contributed by atoms with E-state index in [1.165, 1.54) is 5.56 Å². The Morgan fingerprint density at radius 3 is 2.52 bits per heavy atom. The number of carbonyl (C=O) groups excluding carboxylic acids is 2. The molecular weight excluding hydrogens is 316 g/mol. The number of hydrogen-bond acceptors (Lipinski definition) is 4. The van der Waals surface area contributed by atoms with Crippen LogP contribution in [0.3, 0.4) is 0 Å². The monoisotopic (exact) mass is 338 g/mol. The minimum absolute atomic E-state index is 0.225. The van der Waals surface area contributed by atoms with Gasteiger partial charge in [0.1, 0.15) is 5.69 Å². The molecule has 6 nitrogen and oxygen atoms in total. The second-order valence-electron chi connectivity index (χ2n) is 6.28. The number of aromatic nitrogens is 1. The van der Waals surface area contributed by atoms with Crippen LogP contribution >= 0.6 is 0 Å². The largest absolute Gasteiger partial charge is 0.368 e. The molecule has 1 aliphatic heterocycles. The molecule has 1 aromatic carbocycles. The van der Waals surface area contributed by atoms with Gasteiger partial charge < -0.3 is 15.1 Å². The van der Waals surface area contributed by atoms with Crippen LogP contribution in [0.1, 0.15) is 21.6 Å². The third-order valence-electron chi connectivity index (χ3n) is 4.57. The molecule has 2 heterocycles. The van der Waals surface area contributed by atoms with Gasteiger partial charge in [-0.1, -0.05) is 6.07 Å². The van der Waals surface area contributed by atoms with Crippen LogP contribution in [0.25, 0.3) is 0 Å². The van der Waals surface area contributed by atoms with Crippen LogP contribution in [0.5, 0.6) is 0 Å². The van der Waals surface area contributed by atoms with Crippen molar-refractivity contribution in [2.45, 2.75) is 13.8 Å². The lowest BCUT2D eigenvalue weighted by molar-refractivity contribution is -0.118. The highest BCUT2D eigenvalue weighted by molar-refractivity contribution is 6.03. The number of hydrogen-bond donors (Lipinski definition) is 1. The first kappa shape index (κ1) is 17.0. The number of piperazine rings is 1. The summed E-state index contributed by atoms with van der Waals surface area (Å²) in [5.74, 6) is -0.225. The van der Waals surface area contributed by atoms with Gasteiger partial charge in [-0.25, -0.2) is 0 Å². The molecule has 130 valence electrons. The lowest BCUT2D eigenvalue weighted by Gasteiger charge is -2.34. The van der Waals surface area contributed by atoms with Crippen LogP contribution in [-0.4, -0.2) is 48.4 Å². The van der Waals surface area contributed by atoms with Gasteiger partial charge in [0.25, 0.3) is 5.91 Å². The molecule has 25 heavy (non-hydrogen) atoms. The zero-order valence-corrected chi connectivity index (χ0v) is 14.5. The number of aryl methyl sites for hydroxylation is 2. The molecule has 0 atom stereocenters. The summed E-state index contributed by atoms with van der Waals surface area (Å²) in [6.07, 6.45) is 2.53. The normalized spacial score (nSPS) is 14.3. The Kier molecular flexibility index (Phi) is 4.97. The summed E-state index contributed by atoms with van der Waals surface area (Å²) >= 11 is 0. The predicted octanol–water partition coefficient (Wildman–Crippen LogP) is 2.23. The summed E-state index contributed by atoms with van der Waals surface area (Å²) < 4.78 is 0. The Morgan fingerprint density at radius 1 is 1.08 bits per heavy atom. The van der Waals surface area contributed by atoms with E-state index in [2.05, 4.69) is 15.2 Å². The molecule has 3 rings (SSSR count). The number of benzene rings is 1. The molecule has 1 saturated heterocycles. The second-order valence-corrected chi connectivity index (χ2v) is 6.28. The van der Waals surface area contributed by atoms with E-state index in [9.17, 15) is 9.59 Å². The van der Waals surface area contributed by atoms with Crippen LogP contribution in [0.15, 0.2) is 36.5 Å². The first-order chi connectivity index (χ1) is 12.1.